The molecule has 1 N–H and O–H groups in total. The number of hydrogen-bond donors (Lipinski definition) is 1. The standard InChI is InChI=1S/C23H28N6O3/c1-30-22-15-26-21(14-27-22)28-16-2-4-18(5-3-16)32-20-13-17(29-8-10-31-11-9-29)12-19-23(20)25-7-6-24-19/h6-7,12-16,18H,2-5,8-11H2,1H3,(H,26,28). The number of nitrogens with one attached hydrogen (secondary N) is 1. The molecule has 1 aromatic carbocycles. The van der Waals surface area contributed by atoms with Crippen molar-refractivity contribution in [1.82, 2.24) is 19.9 Å². The lowest BCUT2D eigenvalue weighted by molar-refractivity contribution is 0.122. The zero-order chi connectivity index (χ0) is 21.8. The maximum absolute atomic E-state index is 6.50. The number of aromatic nitrogens is 4. The topological polar surface area (TPSA) is 94.5 Å². The van der Waals surface area contributed by atoms with Gasteiger partial charge in [0.05, 0.1) is 44.3 Å². The molecule has 3 aromatic rings. The summed E-state index contributed by atoms with van der Waals surface area (Å²) in [5, 5.41) is 3.47. The van der Waals surface area contributed by atoms with Crippen molar-refractivity contribution in [3.63, 3.8) is 0 Å². The minimum atomic E-state index is 0.153. The van der Waals surface area contributed by atoms with Crippen LogP contribution in [0, 0.1) is 0 Å². The number of anilines is 2. The number of rotatable bonds is 6. The number of hydrogen-bond acceptors (Lipinski definition) is 9. The largest absolute Gasteiger partial charge is 0.488 e. The molecule has 3 heterocycles. The van der Waals surface area contributed by atoms with Gasteiger partial charge in [0.1, 0.15) is 17.1 Å². The Balaban J connectivity index is 1.25. The third kappa shape index (κ3) is 4.67. The van der Waals surface area contributed by atoms with Gasteiger partial charge in [0.2, 0.25) is 5.88 Å². The van der Waals surface area contributed by atoms with E-state index in [1.807, 2.05) is 0 Å². The highest BCUT2D eigenvalue weighted by molar-refractivity contribution is 5.85. The van der Waals surface area contributed by atoms with Crippen LogP contribution in [0.3, 0.4) is 0 Å². The average Bonchev–Trinajstić information content (AvgIpc) is 2.86. The number of methoxy groups -OCH3 is 1. The second kappa shape index (κ2) is 9.52. The van der Waals surface area contributed by atoms with Gasteiger partial charge in [0.15, 0.2) is 0 Å². The van der Waals surface area contributed by atoms with Crippen LogP contribution in [0.4, 0.5) is 11.5 Å². The van der Waals surface area contributed by atoms with Gasteiger partial charge in [-0.25, -0.2) is 15.0 Å². The zero-order valence-electron chi connectivity index (χ0n) is 18.2. The minimum Gasteiger partial charge on any atom is -0.488 e. The van der Waals surface area contributed by atoms with E-state index in [4.69, 9.17) is 14.2 Å². The number of nitrogens with zero attached hydrogens (tertiary/aromatic N) is 5. The van der Waals surface area contributed by atoms with Crippen LogP contribution in [-0.4, -0.2) is 65.5 Å². The molecule has 0 spiro atoms. The van der Waals surface area contributed by atoms with Gasteiger partial charge in [-0.15, -0.1) is 0 Å². The van der Waals surface area contributed by atoms with Crippen LogP contribution in [0.1, 0.15) is 25.7 Å². The van der Waals surface area contributed by atoms with Crippen LogP contribution in [0.25, 0.3) is 11.0 Å². The molecule has 0 amide bonds. The van der Waals surface area contributed by atoms with E-state index in [-0.39, 0.29) is 6.10 Å². The highest BCUT2D eigenvalue weighted by Gasteiger charge is 2.24. The molecule has 1 saturated heterocycles. The van der Waals surface area contributed by atoms with E-state index >= 15 is 0 Å². The van der Waals surface area contributed by atoms with Crippen molar-refractivity contribution < 1.29 is 14.2 Å². The number of morpholine rings is 1. The minimum absolute atomic E-state index is 0.153. The van der Waals surface area contributed by atoms with E-state index in [0.717, 1.165) is 80.3 Å². The Morgan fingerprint density at radius 2 is 1.78 bits per heavy atom. The summed E-state index contributed by atoms with van der Waals surface area (Å²) in [6.45, 7) is 3.22. The molecule has 2 aliphatic rings. The van der Waals surface area contributed by atoms with Gasteiger partial charge >= 0.3 is 0 Å². The molecule has 0 bridgehead atoms. The first-order valence-corrected chi connectivity index (χ1v) is 11.1. The normalized spacial score (nSPS) is 21.3. The third-order valence-corrected chi connectivity index (χ3v) is 6.06. The van der Waals surface area contributed by atoms with Crippen molar-refractivity contribution in [3.05, 3.63) is 36.9 Å². The molecule has 168 valence electrons. The molecule has 2 aromatic heterocycles. The highest BCUT2D eigenvalue weighted by Crippen LogP contribution is 2.33. The predicted molar refractivity (Wildman–Crippen MR) is 121 cm³/mol. The summed E-state index contributed by atoms with van der Waals surface area (Å²) in [5.41, 5.74) is 2.79. The first-order valence-electron chi connectivity index (χ1n) is 11.1. The summed E-state index contributed by atoms with van der Waals surface area (Å²) in [6.07, 6.45) is 10.9. The van der Waals surface area contributed by atoms with Crippen molar-refractivity contribution in [2.24, 2.45) is 0 Å². The number of fused-ring (bicyclic) bond motifs is 1. The molecule has 0 atom stereocenters. The van der Waals surface area contributed by atoms with Crippen LogP contribution in [0.5, 0.6) is 11.6 Å². The molecule has 32 heavy (non-hydrogen) atoms. The van der Waals surface area contributed by atoms with E-state index in [9.17, 15) is 0 Å². The van der Waals surface area contributed by atoms with Gasteiger partial charge in [-0.1, -0.05) is 0 Å². The fourth-order valence-electron chi connectivity index (χ4n) is 4.33. The van der Waals surface area contributed by atoms with E-state index in [0.29, 0.717) is 11.9 Å². The first kappa shape index (κ1) is 20.7. The Kier molecular flexibility index (Phi) is 6.15. The first-order chi connectivity index (χ1) is 15.8. The van der Waals surface area contributed by atoms with Crippen molar-refractivity contribution in [3.8, 4) is 11.6 Å². The van der Waals surface area contributed by atoms with Crippen molar-refractivity contribution in [2.75, 3.05) is 43.6 Å². The second-order valence-corrected chi connectivity index (χ2v) is 8.15. The summed E-state index contributed by atoms with van der Waals surface area (Å²) in [6, 6.07) is 4.56. The monoisotopic (exact) mass is 436 g/mol. The third-order valence-electron chi connectivity index (χ3n) is 6.06. The second-order valence-electron chi connectivity index (χ2n) is 8.15. The SMILES string of the molecule is COc1cnc(NC2CCC(Oc3cc(N4CCOCC4)cc4nccnc34)CC2)cn1. The molecule has 1 aliphatic heterocycles. The highest BCUT2D eigenvalue weighted by atomic mass is 16.5. The molecular weight excluding hydrogens is 408 g/mol. The van der Waals surface area contributed by atoms with Gasteiger partial charge in [-0.2, -0.15) is 0 Å². The molecule has 1 saturated carbocycles. The molecule has 5 rings (SSSR count). The summed E-state index contributed by atoms with van der Waals surface area (Å²) in [5.74, 6) is 2.10. The van der Waals surface area contributed by atoms with Gasteiger partial charge < -0.3 is 24.4 Å². The quantitative estimate of drug-likeness (QED) is 0.625. The Bertz CT molecular complexity index is 1030. The lowest BCUT2D eigenvalue weighted by Gasteiger charge is -2.31. The van der Waals surface area contributed by atoms with E-state index in [1.54, 1.807) is 31.9 Å². The van der Waals surface area contributed by atoms with Crippen molar-refractivity contribution in [2.45, 2.75) is 37.8 Å². The van der Waals surface area contributed by atoms with Crippen LogP contribution in [-0.2, 0) is 4.74 Å². The molecule has 0 radical (unpaired) electrons. The molecule has 9 nitrogen and oxygen atoms in total. The van der Waals surface area contributed by atoms with Gasteiger partial charge in [0.25, 0.3) is 0 Å². The van der Waals surface area contributed by atoms with Gasteiger partial charge in [-0.3, -0.25) is 4.98 Å². The van der Waals surface area contributed by atoms with Crippen LogP contribution < -0.4 is 19.7 Å². The molecule has 9 heteroatoms. The lowest BCUT2D eigenvalue weighted by Crippen LogP contribution is -2.36. The summed E-state index contributed by atoms with van der Waals surface area (Å²) in [7, 11) is 1.59. The maximum atomic E-state index is 6.50. The fraction of sp³-hybridized carbons (Fsp3) is 0.478. The summed E-state index contributed by atoms with van der Waals surface area (Å²) >= 11 is 0. The average molecular weight is 437 g/mol. The molecule has 0 unspecified atom stereocenters. The van der Waals surface area contributed by atoms with Crippen LogP contribution in [0.2, 0.25) is 0 Å². The Morgan fingerprint density at radius 1 is 0.969 bits per heavy atom. The zero-order valence-corrected chi connectivity index (χ0v) is 18.2. The molecule has 1 aliphatic carbocycles. The Morgan fingerprint density at radius 3 is 2.53 bits per heavy atom. The molecule has 2 fully saturated rings. The van der Waals surface area contributed by atoms with Crippen LogP contribution >= 0.6 is 0 Å². The summed E-state index contributed by atoms with van der Waals surface area (Å²) in [4.78, 5) is 20.0. The van der Waals surface area contributed by atoms with Crippen molar-refractivity contribution >= 4 is 22.5 Å². The predicted octanol–water partition coefficient (Wildman–Crippen LogP) is 3.07. The smallest absolute Gasteiger partial charge is 0.232 e. The van der Waals surface area contributed by atoms with Crippen LogP contribution in [0.15, 0.2) is 36.9 Å². The fourth-order valence-corrected chi connectivity index (χ4v) is 4.33. The van der Waals surface area contributed by atoms with Gasteiger partial charge in [0, 0.05) is 43.3 Å². The van der Waals surface area contributed by atoms with Gasteiger partial charge in [-0.05, 0) is 31.7 Å². The van der Waals surface area contributed by atoms with Crippen molar-refractivity contribution in [1.29, 1.82) is 0 Å². The lowest BCUT2D eigenvalue weighted by atomic mass is 9.93. The summed E-state index contributed by atoms with van der Waals surface area (Å²) < 4.78 is 17.1. The molecular formula is C23H28N6O3. The van der Waals surface area contributed by atoms with E-state index in [1.165, 1.54) is 0 Å². The van der Waals surface area contributed by atoms with E-state index < -0.39 is 0 Å². The Hall–Kier alpha value is -3.20. The number of benzene rings is 1. The van der Waals surface area contributed by atoms with E-state index in [2.05, 4.69) is 42.3 Å². The maximum Gasteiger partial charge on any atom is 0.232 e. The Labute approximate surface area is 187 Å². The number of ether oxygens (including phenoxy) is 3.